The molecule has 2 aromatic heterocycles. The van der Waals surface area contributed by atoms with Gasteiger partial charge in [0, 0.05) is 29.3 Å². The summed E-state index contributed by atoms with van der Waals surface area (Å²) in [6, 6.07) is 5.14. The molecule has 1 saturated carbocycles. The molecule has 1 atom stereocenters. The van der Waals surface area contributed by atoms with E-state index >= 15 is 0 Å². The molecule has 2 saturated heterocycles. The van der Waals surface area contributed by atoms with E-state index in [0.29, 0.717) is 29.1 Å². The summed E-state index contributed by atoms with van der Waals surface area (Å²) in [5.41, 5.74) is 2.81. The zero-order valence-corrected chi connectivity index (χ0v) is 19.3. The van der Waals surface area contributed by atoms with Crippen molar-refractivity contribution in [1.29, 1.82) is 0 Å². The number of halogens is 2. The van der Waals surface area contributed by atoms with Crippen LogP contribution >= 0.6 is 23.2 Å². The van der Waals surface area contributed by atoms with Crippen LogP contribution in [0.1, 0.15) is 49.6 Å². The number of piperidine rings is 1. The normalized spacial score (nSPS) is 22.6. The fourth-order valence-corrected chi connectivity index (χ4v) is 5.56. The van der Waals surface area contributed by atoms with Crippen LogP contribution in [0, 0.1) is 0 Å². The monoisotopic (exact) mass is 472 g/mol. The molecule has 32 heavy (non-hydrogen) atoms. The number of ether oxygens (including phenoxy) is 1. The second-order valence-corrected chi connectivity index (χ2v) is 9.87. The number of fused-ring (bicyclic) bond motifs is 1. The first kappa shape index (κ1) is 20.7. The van der Waals surface area contributed by atoms with E-state index in [2.05, 4.69) is 26.4 Å². The number of nitrogens with zero attached hydrogens (tertiary/aromatic N) is 5. The Kier molecular flexibility index (Phi) is 5.45. The van der Waals surface area contributed by atoms with Crippen LogP contribution in [0.25, 0.3) is 10.9 Å². The Balaban J connectivity index is 1.21. The molecule has 9 heteroatoms. The maximum absolute atomic E-state index is 6.70. The molecule has 1 aliphatic carbocycles. The van der Waals surface area contributed by atoms with Gasteiger partial charge in [-0.1, -0.05) is 23.2 Å². The molecule has 4 heterocycles. The Hall–Kier alpha value is -1.93. The fourth-order valence-electron chi connectivity index (χ4n) is 4.95. The van der Waals surface area contributed by atoms with E-state index in [1.54, 1.807) is 6.20 Å². The zero-order valence-electron chi connectivity index (χ0n) is 17.8. The average molecular weight is 473 g/mol. The first-order valence-corrected chi connectivity index (χ1v) is 12.2. The molecule has 168 valence electrons. The number of hydrogen-bond acceptors (Lipinski definition) is 6. The molecule has 2 aliphatic heterocycles. The highest BCUT2D eigenvalue weighted by atomic mass is 35.5. The van der Waals surface area contributed by atoms with E-state index in [0.717, 1.165) is 80.0 Å². The van der Waals surface area contributed by atoms with Crippen LogP contribution in [-0.4, -0.2) is 57.0 Å². The molecular weight excluding hydrogens is 447 g/mol. The largest absolute Gasteiger partial charge is 0.380 e. The highest BCUT2D eigenvalue weighted by molar-refractivity contribution is 6.32. The van der Waals surface area contributed by atoms with Crippen molar-refractivity contribution in [2.75, 3.05) is 31.6 Å². The molecule has 0 spiro atoms. The summed E-state index contributed by atoms with van der Waals surface area (Å²) < 4.78 is 7.44. The van der Waals surface area contributed by atoms with E-state index in [9.17, 15) is 0 Å². The number of rotatable bonds is 5. The minimum atomic E-state index is 0.424. The molecule has 1 N–H and O–H groups in total. The molecule has 6 rings (SSSR count). The number of anilines is 2. The molecule has 0 amide bonds. The summed E-state index contributed by atoms with van der Waals surface area (Å²) in [5, 5.41) is 9.97. The minimum Gasteiger partial charge on any atom is -0.380 e. The second kappa shape index (κ2) is 8.45. The van der Waals surface area contributed by atoms with E-state index < -0.39 is 0 Å². The van der Waals surface area contributed by atoms with Crippen LogP contribution in [0.3, 0.4) is 0 Å². The molecule has 3 fully saturated rings. The SMILES string of the molecule is Clc1cc2cnc(Nc3cnn(C4CC4)c3Cl)nc2cc1C1CCN(C2CCOC2)CC1. The average Bonchev–Trinajstić information content (AvgIpc) is 3.37. The topological polar surface area (TPSA) is 68.1 Å². The summed E-state index contributed by atoms with van der Waals surface area (Å²) in [6.07, 6.45) is 9.17. The smallest absolute Gasteiger partial charge is 0.227 e. The first-order chi connectivity index (χ1) is 15.7. The van der Waals surface area contributed by atoms with E-state index in [1.807, 2.05) is 16.9 Å². The quantitative estimate of drug-likeness (QED) is 0.551. The van der Waals surface area contributed by atoms with Crippen LogP contribution in [0.2, 0.25) is 10.2 Å². The summed E-state index contributed by atoms with van der Waals surface area (Å²) in [5.74, 6) is 0.960. The third kappa shape index (κ3) is 3.96. The Morgan fingerprint density at radius 1 is 1.00 bits per heavy atom. The van der Waals surface area contributed by atoms with Crippen molar-refractivity contribution in [3.05, 3.63) is 40.3 Å². The highest BCUT2D eigenvalue weighted by Gasteiger charge is 2.29. The number of likely N-dealkylation sites (tertiary alicyclic amines) is 1. The van der Waals surface area contributed by atoms with Gasteiger partial charge in [0.25, 0.3) is 0 Å². The van der Waals surface area contributed by atoms with Crippen molar-refractivity contribution < 1.29 is 4.74 Å². The van der Waals surface area contributed by atoms with Gasteiger partial charge in [0.15, 0.2) is 5.15 Å². The molecule has 3 aromatic rings. The highest BCUT2D eigenvalue weighted by Crippen LogP contribution is 2.39. The van der Waals surface area contributed by atoms with Crippen molar-refractivity contribution >= 4 is 45.7 Å². The van der Waals surface area contributed by atoms with Crippen LogP contribution in [0.5, 0.6) is 0 Å². The predicted molar refractivity (Wildman–Crippen MR) is 126 cm³/mol. The summed E-state index contributed by atoms with van der Waals surface area (Å²) in [6.45, 7) is 3.95. The van der Waals surface area contributed by atoms with Crippen LogP contribution in [-0.2, 0) is 4.74 Å². The van der Waals surface area contributed by atoms with E-state index in [-0.39, 0.29) is 0 Å². The van der Waals surface area contributed by atoms with Crippen molar-refractivity contribution in [2.45, 2.75) is 50.1 Å². The number of benzene rings is 1. The first-order valence-electron chi connectivity index (χ1n) is 11.4. The fraction of sp³-hybridized carbons (Fsp3) is 0.522. The van der Waals surface area contributed by atoms with Gasteiger partial charge in [-0.2, -0.15) is 5.10 Å². The third-order valence-electron chi connectivity index (χ3n) is 6.96. The lowest BCUT2D eigenvalue weighted by Crippen LogP contribution is -2.41. The van der Waals surface area contributed by atoms with Gasteiger partial charge in [0.2, 0.25) is 5.95 Å². The van der Waals surface area contributed by atoms with Crippen molar-refractivity contribution in [3.8, 4) is 0 Å². The van der Waals surface area contributed by atoms with Crippen LogP contribution < -0.4 is 5.32 Å². The minimum absolute atomic E-state index is 0.424. The summed E-state index contributed by atoms with van der Waals surface area (Å²) in [4.78, 5) is 11.8. The van der Waals surface area contributed by atoms with E-state index in [4.69, 9.17) is 32.9 Å². The molecule has 1 unspecified atom stereocenters. The molecule has 3 aliphatic rings. The lowest BCUT2D eigenvalue weighted by Gasteiger charge is -2.35. The molecule has 0 bridgehead atoms. The van der Waals surface area contributed by atoms with E-state index in [1.165, 1.54) is 5.56 Å². The summed E-state index contributed by atoms with van der Waals surface area (Å²) in [7, 11) is 0. The second-order valence-electron chi connectivity index (χ2n) is 9.10. The van der Waals surface area contributed by atoms with Gasteiger partial charge in [0.1, 0.15) is 0 Å². The van der Waals surface area contributed by atoms with Crippen LogP contribution in [0.4, 0.5) is 11.6 Å². The molecule has 0 radical (unpaired) electrons. The lowest BCUT2D eigenvalue weighted by atomic mass is 9.88. The number of nitrogens with one attached hydrogen (secondary N) is 1. The standard InChI is InChI=1S/C23H26Cl2N6O/c24-19-9-15-11-26-23(29-21-12-27-31(22(21)25)16-1-2-16)28-20(15)10-18(19)14-3-6-30(7-4-14)17-5-8-32-13-17/h9-12,14,16-17H,1-8,13H2,(H,26,28,29). The van der Waals surface area contributed by atoms with Gasteiger partial charge in [0.05, 0.1) is 30.0 Å². The maximum Gasteiger partial charge on any atom is 0.227 e. The Morgan fingerprint density at radius 3 is 2.59 bits per heavy atom. The lowest BCUT2D eigenvalue weighted by molar-refractivity contribution is 0.122. The molecule has 7 nitrogen and oxygen atoms in total. The van der Waals surface area contributed by atoms with Gasteiger partial charge in [-0.25, -0.2) is 14.6 Å². The number of aromatic nitrogens is 4. The van der Waals surface area contributed by atoms with Crippen molar-refractivity contribution in [1.82, 2.24) is 24.6 Å². The van der Waals surface area contributed by atoms with Crippen molar-refractivity contribution in [3.63, 3.8) is 0 Å². The van der Waals surface area contributed by atoms with Gasteiger partial charge in [-0.3, -0.25) is 4.90 Å². The third-order valence-corrected chi connectivity index (χ3v) is 7.67. The molecule has 1 aromatic carbocycles. The zero-order chi connectivity index (χ0) is 21.7. The predicted octanol–water partition coefficient (Wildman–Crippen LogP) is 5.18. The Labute approximate surface area is 197 Å². The summed E-state index contributed by atoms with van der Waals surface area (Å²) >= 11 is 13.2. The van der Waals surface area contributed by atoms with Crippen LogP contribution in [0.15, 0.2) is 24.5 Å². The van der Waals surface area contributed by atoms with Gasteiger partial charge >= 0.3 is 0 Å². The maximum atomic E-state index is 6.70. The van der Waals surface area contributed by atoms with Gasteiger partial charge in [-0.05, 0) is 68.8 Å². The Bertz CT molecular complexity index is 1130. The molecular formula is C23H26Cl2N6O. The van der Waals surface area contributed by atoms with Gasteiger partial charge in [-0.15, -0.1) is 0 Å². The Morgan fingerprint density at radius 2 is 1.84 bits per heavy atom. The number of hydrogen-bond donors (Lipinski definition) is 1. The van der Waals surface area contributed by atoms with Crippen molar-refractivity contribution in [2.24, 2.45) is 0 Å². The van der Waals surface area contributed by atoms with Gasteiger partial charge < -0.3 is 10.1 Å².